The fourth-order valence-electron chi connectivity index (χ4n) is 5.05. The molecule has 6 heteroatoms. The van der Waals surface area contributed by atoms with Crippen LogP contribution in [0.5, 0.6) is 0 Å². The summed E-state index contributed by atoms with van der Waals surface area (Å²) in [4.78, 5) is 28.0. The third kappa shape index (κ3) is 4.85. The van der Waals surface area contributed by atoms with Gasteiger partial charge in [-0.25, -0.2) is 4.39 Å². The molecule has 2 aliphatic rings. The van der Waals surface area contributed by atoms with Crippen molar-refractivity contribution in [2.45, 2.75) is 44.6 Å². The highest BCUT2D eigenvalue weighted by molar-refractivity contribution is 5.86. The molecule has 2 atom stereocenters. The SMILES string of the molecule is CNC(=O)[C@@]1(Cc2cccc(-c3cccc(F)c3)c2)CCCN(C(=O)[C@@H]2CCCCO2)C1. The van der Waals surface area contributed by atoms with Crippen LogP contribution < -0.4 is 5.32 Å². The second-order valence-corrected chi connectivity index (χ2v) is 8.97. The number of hydrogen-bond donors (Lipinski definition) is 1. The number of rotatable bonds is 5. The van der Waals surface area contributed by atoms with Crippen LogP contribution >= 0.6 is 0 Å². The Hall–Kier alpha value is -2.73. The van der Waals surface area contributed by atoms with Crippen LogP contribution in [0.2, 0.25) is 0 Å². The van der Waals surface area contributed by atoms with E-state index in [1.54, 1.807) is 13.1 Å². The highest BCUT2D eigenvalue weighted by Crippen LogP contribution is 2.36. The molecule has 2 saturated heterocycles. The molecule has 2 amide bonds. The maximum absolute atomic E-state index is 13.7. The van der Waals surface area contributed by atoms with E-state index in [4.69, 9.17) is 4.74 Å². The van der Waals surface area contributed by atoms with E-state index in [2.05, 4.69) is 5.32 Å². The first-order valence-corrected chi connectivity index (χ1v) is 11.5. The molecule has 0 aliphatic carbocycles. The second kappa shape index (κ2) is 9.82. The van der Waals surface area contributed by atoms with E-state index >= 15 is 0 Å². The molecular formula is C26H31FN2O3. The average Bonchev–Trinajstić information content (AvgIpc) is 2.84. The molecule has 4 rings (SSSR count). The number of carbonyl (C=O) groups is 2. The van der Waals surface area contributed by atoms with Crippen molar-refractivity contribution in [2.24, 2.45) is 5.41 Å². The molecule has 2 fully saturated rings. The smallest absolute Gasteiger partial charge is 0.251 e. The van der Waals surface area contributed by atoms with Crippen molar-refractivity contribution in [3.63, 3.8) is 0 Å². The Labute approximate surface area is 188 Å². The van der Waals surface area contributed by atoms with Gasteiger partial charge < -0.3 is 15.0 Å². The molecular weight excluding hydrogens is 407 g/mol. The van der Waals surface area contributed by atoms with E-state index in [-0.39, 0.29) is 23.7 Å². The molecule has 0 unspecified atom stereocenters. The Morgan fingerprint density at radius 1 is 1.12 bits per heavy atom. The molecule has 5 nitrogen and oxygen atoms in total. The number of nitrogens with zero attached hydrogens (tertiary/aromatic N) is 1. The standard InChI is InChI=1S/C26H31FN2O3/c1-28-25(31)26(12-6-13-29(18-26)24(30)23-11-2-3-14-32-23)17-19-7-4-8-20(15-19)21-9-5-10-22(27)16-21/h4-5,7-10,15-16,23H,2-3,6,11-14,17-18H2,1H3,(H,28,31)/t23-,26+/m0/s1. The molecule has 1 N–H and O–H groups in total. The summed E-state index contributed by atoms with van der Waals surface area (Å²) in [7, 11) is 1.65. The Balaban J connectivity index is 1.57. The maximum atomic E-state index is 13.7. The summed E-state index contributed by atoms with van der Waals surface area (Å²) >= 11 is 0. The highest BCUT2D eigenvalue weighted by Gasteiger charge is 2.44. The number of amides is 2. The Morgan fingerprint density at radius 2 is 1.91 bits per heavy atom. The lowest BCUT2D eigenvalue weighted by molar-refractivity contribution is -0.152. The van der Waals surface area contributed by atoms with Gasteiger partial charge in [0.1, 0.15) is 11.9 Å². The molecule has 0 saturated carbocycles. The summed E-state index contributed by atoms with van der Waals surface area (Å²) in [6.45, 7) is 1.66. The summed E-state index contributed by atoms with van der Waals surface area (Å²) in [6.07, 6.45) is 4.36. The Kier molecular flexibility index (Phi) is 6.89. The van der Waals surface area contributed by atoms with Crippen LogP contribution in [0.25, 0.3) is 11.1 Å². The predicted molar refractivity (Wildman–Crippen MR) is 121 cm³/mol. The quantitative estimate of drug-likeness (QED) is 0.769. The van der Waals surface area contributed by atoms with Gasteiger partial charge in [-0.1, -0.05) is 36.4 Å². The highest BCUT2D eigenvalue weighted by atomic mass is 19.1. The summed E-state index contributed by atoms with van der Waals surface area (Å²) in [6, 6.07) is 14.4. The Morgan fingerprint density at radius 3 is 2.62 bits per heavy atom. The van der Waals surface area contributed by atoms with Gasteiger partial charge in [0.2, 0.25) is 5.91 Å². The summed E-state index contributed by atoms with van der Waals surface area (Å²) < 4.78 is 19.4. The monoisotopic (exact) mass is 438 g/mol. The van der Waals surface area contributed by atoms with Gasteiger partial charge in [0.05, 0.1) is 5.41 Å². The predicted octanol–water partition coefficient (Wildman–Crippen LogP) is 3.96. The van der Waals surface area contributed by atoms with E-state index in [9.17, 15) is 14.0 Å². The minimum atomic E-state index is -0.697. The van der Waals surface area contributed by atoms with Crippen molar-refractivity contribution in [2.75, 3.05) is 26.7 Å². The number of piperidine rings is 1. The van der Waals surface area contributed by atoms with Gasteiger partial charge in [0, 0.05) is 26.7 Å². The van der Waals surface area contributed by atoms with Crippen LogP contribution in [0.1, 0.15) is 37.7 Å². The van der Waals surface area contributed by atoms with Gasteiger partial charge in [0.15, 0.2) is 0 Å². The lowest BCUT2D eigenvalue weighted by atomic mass is 9.74. The number of hydrogen-bond acceptors (Lipinski definition) is 3. The van der Waals surface area contributed by atoms with Crippen LogP contribution in [0.15, 0.2) is 48.5 Å². The molecule has 2 aromatic carbocycles. The molecule has 32 heavy (non-hydrogen) atoms. The van der Waals surface area contributed by atoms with E-state index in [1.807, 2.05) is 35.2 Å². The van der Waals surface area contributed by atoms with Crippen molar-refractivity contribution >= 4 is 11.8 Å². The van der Waals surface area contributed by atoms with Crippen LogP contribution in [0.4, 0.5) is 4.39 Å². The van der Waals surface area contributed by atoms with Gasteiger partial charge in [-0.05, 0) is 67.3 Å². The molecule has 2 aromatic rings. The summed E-state index contributed by atoms with van der Waals surface area (Å²) in [5, 5.41) is 2.83. The minimum Gasteiger partial charge on any atom is -0.368 e. The first kappa shape index (κ1) is 22.5. The van der Waals surface area contributed by atoms with Gasteiger partial charge in [-0.3, -0.25) is 9.59 Å². The van der Waals surface area contributed by atoms with Crippen molar-refractivity contribution in [3.05, 3.63) is 59.9 Å². The molecule has 2 aliphatic heterocycles. The molecule has 2 heterocycles. The molecule has 170 valence electrons. The van der Waals surface area contributed by atoms with Crippen molar-refractivity contribution in [3.8, 4) is 11.1 Å². The van der Waals surface area contributed by atoms with Crippen LogP contribution in [0, 0.1) is 11.2 Å². The molecule has 0 spiro atoms. The molecule has 0 radical (unpaired) electrons. The number of ether oxygens (including phenoxy) is 1. The first-order chi connectivity index (χ1) is 15.5. The third-order valence-corrected chi connectivity index (χ3v) is 6.68. The molecule has 0 aromatic heterocycles. The normalized spacial score (nSPS) is 23.6. The van der Waals surface area contributed by atoms with Crippen molar-refractivity contribution < 1.29 is 18.7 Å². The van der Waals surface area contributed by atoms with E-state index in [1.165, 1.54) is 12.1 Å². The lowest BCUT2D eigenvalue weighted by Gasteiger charge is -2.43. The van der Waals surface area contributed by atoms with E-state index in [0.29, 0.717) is 32.5 Å². The topological polar surface area (TPSA) is 58.6 Å². The number of carbonyl (C=O) groups excluding carboxylic acids is 2. The van der Waals surface area contributed by atoms with Gasteiger partial charge in [0.25, 0.3) is 5.91 Å². The average molecular weight is 439 g/mol. The fourth-order valence-corrected chi connectivity index (χ4v) is 5.05. The van der Waals surface area contributed by atoms with Gasteiger partial charge >= 0.3 is 0 Å². The van der Waals surface area contributed by atoms with Gasteiger partial charge in [-0.15, -0.1) is 0 Å². The third-order valence-electron chi connectivity index (χ3n) is 6.68. The second-order valence-electron chi connectivity index (χ2n) is 8.97. The van der Waals surface area contributed by atoms with Crippen LogP contribution in [-0.4, -0.2) is 49.6 Å². The zero-order chi connectivity index (χ0) is 22.6. The van der Waals surface area contributed by atoms with Crippen LogP contribution in [0.3, 0.4) is 0 Å². The summed E-state index contributed by atoms with van der Waals surface area (Å²) in [5.74, 6) is -0.317. The van der Waals surface area contributed by atoms with Crippen molar-refractivity contribution in [1.82, 2.24) is 10.2 Å². The lowest BCUT2D eigenvalue weighted by Crippen LogP contribution is -2.56. The van der Waals surface area contributed by atoms with Crippen molar-refractivity contribution in [1.29, 1.82) is 0 Å². The zero-order valence-electron chi connectivity index (χ0n) is 18.6. The number of likely N-dealkylation sites (tertiary alicyclic amines) is 1. The molecule has 0 bridgehead atoms. The maximum Gasteiger partial charge on any atom is 0.251 e. The van der Waals surface area contributed by atoms with Crippen LogP contribution in [-0.2, 0) is 20.7 Å². The largest absolute Gasteiger partial charge is 0.368 e. The first-order valence-electron chi connectivity index (χ1n) is 11.5. The minimum absolute atomic E-state index is 0.00573. The van der Waals surface area contributed by atoms with Gasteiger partial charge in [-0.2, -0.15) is 0 Å². The zero-order valence-corrected chi connectivity index (χ0v) is 18.6. The number of nitrogens with one attached hydrogen (secondary N) is 1. The van der Waals surface area contributed by atoms with E-state index < -0.39 is 5.41 Å². The number of benzene rings is 2. The summed E-state index contributed by atoms with van der Waals surface area (Å²) in [5.41, 5.74) is 2.01. The number of halogens is 1. The fraction of sp³-hybridized carbons (Fsp3) is 0.462. The Bertz CT molecular complexity index is 973. The van der Waals surface area contributed by atoms with E-state index in [0.717, 1.165) is 42.4 Å².